The zero-order valence-electron chi connectivity index (χ0n) is 19.0. The molecular formula is C26H27N5O2S. The van der Waals surface area contributed by atoms with Crippen molar-refractivity contribution in [3.63, 3.8) is 0 Å². The van der Waals surface area contributed by atoms with Crippen LogP contribution in [0.5, 0.6) is 0 Å². The quantitative estimate of drug-likeness (QED) is 0.386. The molecule has 0 spiro atoms. The number of benzene rings is 3. The van der Waals surface area contributed by atoms with Gasteiger partial charge in [0.1, 0.15) is 5.82 Å². The van der Waals surface area contributed by atoms with Gasteiger partial charge < -0.3 is 10.2 Å². The van der Waals surface area contributed by atoms with Crippen molar-refractivity contribution in [2.75, 3.05) is 28.0 Å². The van der Waals surface area contributed by atoms with E-state index < -0.39 is 10.0 Å². The van der Waals surface area contributed by atoms with Gasteiger partial charge in [-0.3, -0.25) is 4.72 Å². The summed E-state index contributed by atoms with van der Waals surface area (Å²) in [5.74, 6) is 1.47. The minimum atomic E-state index is -3.74. The van der Waals surface area contributed by atoms with Crippen LogP contribution in [0, 0.1) is 6.92 Å². The Hall–Kier alpha value is -3.65. The molecular weight excluding hydrogens is 446 g/mol. The molecule has 0 amide bonds. The summed E-state index contributed by atoms with van der Waals surface area (Å²) in [4.78, 5) is 11.8. The Bertz CT molecular complexity index is 1410. The monoisotopic (exact) mass is 473 g/mol. The summed E-state index contributed by atoms with van der Waals surface area (Å²) in [6.07, 6.45) is 3.63. The molecule has 174 valence electrons. The SMILES string of the molecule is Cc1cc(N2CCCCC2)nc(Nc2ccc(NS(=O)(=O)c3cccc4ccccc34)cc2)n1. The minimum absolute atomic E-state index is 0.256. The van der Waals surface area contributed by atoms with Crippen molar-refractivity contribution in [1.29, 1.82) is 0 Å². The zero-order chi connectivity index (χ0) is 23.5. The molecule has 0 saturated carbocycles. The molecule has 1 aromatic heterocycles. The highest BCUT2D eigenvalue weighted by molar-refractivity contribution is 7.93. The lowest BCUT2D eigenvalue weighted by Gasteiger charge is -2.28. The first kappa shape index (κ1) is 22.2. The van der Waals surface area contributed by atoms with Crippen molar-refractivity contribution in [3.05, 3.63) is 78.5 Å². The third-order valence-corrected chi connectivity index (χ3v) is 7.39. The largest absolute Gasteiger partial charge is 0.356 e. The third kappa shape index (κ3) is 4.82. The van der Waals surface area contributed by atoms with Gasteiger partial charge in [0.2, 0.25) is 5.95 Å². The average Bonchev–Trinajstić information content (AvgIpc) is 2.85. The van der Waals surface area contributed by atoms with Crippen LogP contribution in [-0.2, 0) is 10.0 Å². The fourth-order valence-corrected chi connectivity index (χ4v) is 5.57. The van der Waals surface area contributed by atoms with E-state index in [9.17, 15) is 8.42 Å². The van der Waals surface area contributed by atoms with Gasteiger partial charge in [-0.2, -0.15) is 4.98 Å². The topological polar surface area (TPSA) is 87.2 Å². The molecule has 3 aromatic carbocycles. The van der Waals surface area contributed by atoms with E-state index in [2.05, 4.69) is 19.9 Å². The van der Waals surface area contributed by atoms with Crippen LogP contribution in [0.1, 0.15) is 25.0 Å². The Morgan fingerprint density at radius 1 is 0.824 bits per heavy atom. The number of aromatic nitrogens is 2. The van der Waals surface area contributed by atoms with Crippen LogP contribution in [0.4, 0.5) is 23.1 Å². The lowest BCUT2D eigenvalue weighted by Crippen LogP contribution is -2.30. The second-order valence-corrected chi connectivity index (χ2v) is 10.2. The van der Waals surface area contributed by atoms with E-state index >= 15 is 0 Å². The number of hydrogen-bond donors (Lipinski definition) is 2. The molecule has 4 aromatic rings. The summed E-state index contributed by atoms with van der Waals surface area (Å²) >= 11 is 0. The molecule has 1 saturated heterocycles. The van der Waals surface area contributed by atoms with E-state index in [1.165, 1.54) is 19.3 Å². The van der Waals surface area contributed by atoms with E-state index in [4.69, 9.17) is 4.98 Å². The molecule has 1 fully saturated rings. The molecule has 5 rings (SSSR count). The van der Waals surface area contributed by atoms with Gasteiger partial charge >= 0.3 is 0 Å². The van der Waals surface area contributed by atoms with E-state index in [0.717, 1.165) is 35.7 Å². The van der Waals surface area contributed by atoms with Gasteiger partial charge in [-0.05, 0) is 61.9 Å². The normalized spacial score (nSPS) is 14.2. The number of hydrogen-bond acceptors (Lipinski definition) is 6. The molecule has 0 bridgehead atoms. The fourth-order valence-electron chi connectivity index (χ4n) is 4.28. The van der Waals surface area contributed by atoms with Gasteiger partial charge in [-0.15, -0.1) is 0 Å². The molecule has 2 N–H and O–H groups in total. The summed E-state index contributed by atoms with van der Waals surface area (Å²) in [5, 5.41) is 4.82. The molecule has 1 aliphatic heterocycles. The number of nitrogens with zero attached hydrogens (tertiary/aromatic N) is 3. The molecule has 7 nitrogen and oxygen atoms in total. The van der Waals surface area contributed by atoms with Gasteiger partial charge in [-0.25, -0.2) is 13.4 Å². The molecule has 0 unspecified atom stereocenters. The summed E-state index contributed by atoms with van der Waals surface area (Å²) in [6, 6.07) is 21.8. The molecule has 1 aliphatic rings. The van der Waals surface area contributed by atoms with Crippen molar-refractivity contribution in [1.82, 2.24) is 9.97 Å². The van der Waals surface area contributed by atoms with Gasteiger partial charge in [0, 0.05) is 41.6 Å². The van der Waals surface area contributed by atoms with Crippen LogP contribution < -0.4 is 14.9 Å². The van der Waals surface area contributed by atoms with Gasteiger partial charge in [-0.1, -0.05) is 36.4 Å². The highest BCUT2D eigenvalue weighted by atomic mass is 32.2. The van der Waals surface area contributed by atoms with E-state index in [1.54, 1.807) is 24.3 Å². The lowest BCUT2D eigenvalue weighted by molar-refractivity contribution is 0.573. The number of aryl methyl sites for hydroxylation is 1. The Labute approximate surface area is 199 Å². The van der Waals surface area contributed by atoms with Crippen LogP contribution in [0.2, 0.25) is 0 Å². The summed E-state index contributed by atoms with van der Waals surface area (Å²) in [7, 11) is -3.74. The number of piperidine rings is 1. The van der Waals surface area contributed by atoms with Crippen LogP contribution in [0.15, 0.2) is 77.7 Å². The van der Waals surface area contributed by atoms with Crippen LogP contribution >= 0.6 is 0 Å². The smallest absolute Gasteiger partial charge is 0.262 e. The number of anilines is 4. The number of sulfonamides is 1. The predicted octanol–water partition coefficient (Wildman–Crippen LogP) is 5.47. The van der Waals surface area contributed by atoms with Gasteiger partial charge in [0.25, 0.3) is 10.0 Å². The lowest BCUT2D eigenvalue weighted by atomic mass is 10.1. The maximum atomic E-state index is 13.1. The molecule has 34 heavy (non-hydrogen) atoms. The first-order valence-electron chi connectivity index (χ1n) is 11.5. The summed E-state index contributed by atoms with van der Waals surface area (Å²) in [6.45, 7) is 3.99. The van der Waals surface area contributed by atoms with Gasteiger partial charge in [0.05, 0.1) is 4.90 Å². The fraction of sp³-hybridized carbons (Fsp3) is 0.231. The maximum Gasteiger partial charge on any atom is 0.262 e. The van der Waals surface area contributed by atoms with Crippen molar-refractivity contribution < 1.29 is 8.42 Å². The van der Waals surface area contributed by atoms with E-state index in [-0.39, 0.29) is 4.90 Å². The van der Waals surface area contributed by atoms with Crippen molar-refractivity contribution >= 4 is 43.9 Å². The highest BCUT2D eigenvalue weighted by Gasteiger charge is 2.17. The summed E-state index contributed by atoms with van der Waals surface area (Å²) in [5.41, 5.74) is 2.17. The second kappa shape index (κ2) is 9.30. The molecule has 2 heterocycles. The Balaban J connectivity index is 1.33. The minimum Gasteiger partial charge on any atom is -0.356 e. The van der Waals surface area contributed by atoms with Crippen molar-refractivity contribution in [2.45, 2.75) is 31.1 Å². The van der Waals surface area contributed by atoms with Gasteiger partial charge in [0.15, 0.2) is 0 Å². The Morgan fingerprint density at radius 2 is 1.53 bits per heavy atom. The predicted molar refractivity (Wildman–Crippen MR) is 137 cm³/mol. The van der Waals surface area contributed by atoms with E-state index in [0.29, 0.717) is 17.0 Å². The molecule has 0 aliphatic carbocycles. The number of nitrogens with one attached hydrogen (secondary N) is 2. The first-order chi connectivity index (χ1) is 16.5. The zero-order valence-corrected chi connectivity index (χ0v) is 19.8. The Morgan fingerprint density at radius 3 is 2.32 bits per heavy atom. The Kier molecular flexibility index (Phi) is 6.06. The molecule has 8 heteroatoms. The number of fused-ring (bicyclic) bond motifs is 1. The second-order valence-electron chi connectivity index (χ2n) is 8.52. The van der Waals surface area contributed by atoms with Crippen molar-refractivity contribution in [3.8, 4) is 0 Å². The molecule has 0 atom stereocenters. The highest BCUT2D eigenvalue weighted by Crippen LogP contribution is 2.26. The first-order valence-corrected chi connectivity index (χ1v) is 12.9. The van der Waals surface area contributed by atoms with Crippen LogP contribution in [0.3, 0.4) is 0 Å². The van der Waals surface area contributed by atoms with Crippen LogP contribution in [-0.4, -0.2) is 31.5 Å². The standard InChI is InChI=1S/C26H27N5O2S/c1-19-18-25(31-16-5-2-6-17-31)29-26(27-19)28-21-12-14-22(15-13-21)30-34(32,33)24-11-7-9-20-8-3-4-10-23(20)24/h3-4,7-15,18,30H,2,5-6,16-17H2,1H3,(H,27,28,29). The van der Waals surface area contributed by atoms with E-state index in [1.807, 2.05) is 55.5 Å². The van der Waals surface area contributed by atoms with Crippen molar-refractivity contribution in [2.24, 2.45) is 0 Å². The summed E-state index contributed by atoms with van der Waals surface area (Å²) < 4.78 is 28.8. The van der Waals surface area contributed by atoms with Crippen LogP contribution in [0.25, 0.3) is 10.8 Å². The maximum absolute atomic E-state index is 13.1. The molecule has 0 radical (unpaired) electrons. The average molecular weight is 474 g/mol. The third-order valence-electron chi connectivity index (χ3n) is 5.95. The number of rotatable bonds is 6.